The van der Waals surface area contributed by atoms with Crippen LogP contribution in [-0.4, -0.2) is 55.1 Å². The van der Waals surface area contributed by atoms with Gasteiger partial charge in [0.05, 0.1) is 13.7 Å². The van der Waals surface area contributed by atoms with Crippen LogP contribution in [0.3, 0.4) is 0 Å². The van der Waals surface area contributed by atoms with Gasteiger partial charge in [0.1, 0.15) is 30.1 Å². The highest BCUT2D eigenvalue weighted by molar-refractivity contribution is 5.96. The Morgan fingerprint density at radius 2 is 1.61 bits per heavy atom. The molecule has 0 radical (unpaired) electrons. The normalized spacial score (nSPS) is 12.1. The minimum absolute atomic E-state index is 0.124. The van der Waals surface area contributed by atoms with E-state index >= 15 is 0 Å². The van der Waals surface area contributed by atoms with E-state index in [1.54, 1.807) is 63.2 Å². The molecular formula is C33H39N5O8. The van der Waals surface area contributed by atoms with E-state index in [1.807, 2.05) is 30.3 Å². The molecule has 0 spiro atoms. The zero-order chi connectivity index (χ0) is 33.9. The number of ether oxygens (including phenoxy) is 4. The number of esters is 2. The van der Waals surface area contributed by atoms with Crippen molar-refractivity contribution in [3.8, 4) is 11.5 Å². The SMILES string of the molecule is COc1cc([C@@H](Nc2ccc(C(=N)N)cc2)C(=O)N[C@@H](CNC(=O)OC(C)(C)C)C(=O)OC(C)=O)ccc1OCc1ccccc1. The third-order valence-corrected chi connectivity index (χ3v) is 6.22. The summed E-state index contributed by atoms with van der Waals surface area (Å²) in [4.78, 5) is 50.5. The minimum atomic E-state index is -1.45. The maximum absolute atomic E-state index is 13.9. The summed E-state index contributed by atoms with van der Waals surface area (Å²) in [5, 5.41) is 15.8. The van der Waals surface area contributed by atoms with Crippen molar-refractivity contribution in [3.63, 3.8) is 0 Å². The Hall–Kier alpha value is -5.59. The van der Waals surface area contributed by atoms with Crippen molar-refractivity contribution in [2.45, 2.75) is 52.0 Å². The minimum Gasteiger partial charge on any atom is -0.493 e. The van der Waals surface area contributed by atoms with Gasteiger partial charge in [-0.05, 0) is 68.3 Å². The van der Waals surface area contributed by atoms with Crippen molar-refractivity contribution in [3.05, 3.63) is 89.5 Å². The van der Waals surface area contributed by atoms with Crippen molar-refractivity contribution in [1.29, 1.82) is 5.41 Å². The van der Waals surface area contributed by atoms with Crippen LogP contribution in [0, 0.1) is 5.41 Å². The first-order valence-corrected chi connectivity index (χ1v) is 14.3. The molecule has 0 saturated carbocycles. The van der Waals surface area contributed by atoms with Gasteiger partial charge in [0.25, 0.3) is 0 Å². The van der Waals surface area contributed by atoms with Crippen LogP contribution in [-0.2, 0) is 30.5 Å². The molecule has 0 aliphatic rings. The molecule has 0 aromatic heterocycles. The standard InChI is InChI=1S/C33H39N5O8/c1-20(39)45-31(41)25(18-36-32(42)46-33(2,3)4)38-30(40)28(37-24-14-11-22(12-15-24)29(34)35)23-13-16-26(27(17-23)43-5)44-19-21-9-7-6-8-10-21/h6-17,25,28,37H,18-19H2,1-5H3,(H3,34,35)(H,36,42)(H,38,40)/t25-,28+/m0/s1. The second-order valence-electron chi connectivity index (χ2n) is 11.1. The second-order valence-corrected chi connectivity index (χ2v) is 11.1. The summed E-state index contributed by atoms with van der Waals surface area (Å²) in [5.74, 6) is -2.02. The summed E-state index contributed by atoms with van der Waals surface area (Å²) in [6.45, 7) is 5.90. The molecule has 0 saturated heterocycles. The van der Waals surface area contributed by atoms with Gasteiger partial charge in [0.2, 0.25) is 5.91 Å². The van der Waals surface area contributed by atoms with Crippen LogP contribution in [0.2, 0.25) is 0 Å². The number of anilines is 1. The lowest BCUT2D eigenvalue weighted by Crippen LogP contribution is -2.51. The number of rotatable bonds is 13. The van der Waals surface area contributed by atoms with Crippen LogP contribution in [0.4, 0.5) is 10.5 Å². The fraction of sp³-hybridized carbons (Fsp3) is 0.303. The number of hydrogen-bond donors (Lipinski definition) is 5. The fourth-order valence-corrected chi connectivity index (χ4v) is 4.09. The van der Waals surface area contributed by atoms with E-state index in [4.69, 9.17) is 30.1 Å². The average Bonchev–Trinajstić information content (AvgIpc) is 3.00. The van der Waals surface area contributed by atoms with Crippen LogP contribution in [0.5, 0.6) is 11.5 Å². The van der Waals surface area contributed by atoms with Crippen molar-refractivity contribution in [2.24, 2.45) is 5.73 Å². The lowest BCUT2D eigenvalue weighted by Gasteiger charge is -2.25. The monoisotopic (exact) mass is 633 g/mol. The van der Waals surface area contributed by atoms with Crippen LogP contribution in [0.25, 0.3) is 0 Å². The third-order valence-electron chi connectivity index (χ3n) is 6.22. The third kappa shape index (κ3) is 10.8. The van der Waals surface area contributed by atoms with Gasteiger partial charge in [-0.15, -0.1) is 0 Å². The molecule has 3 aromatic rings. The molecule has 2 amide bonds. The van der Waals surface area contributed by atoms with Crippen molar-refractivity contribution >= 4 is 35.5 Å². The molecule has 6 N–H and O–H groups in total. The molecule has 0 aliphatic carbocycles. The van der Waals surface area contributed by atoms with E-state index in [1.165, 1.54) is 7.11 Å². The van der Waals surface area contributed by atoms with E-state index in [0.29, 0.717) is 28.3 Å². The van der Waals surface area contributed by atoms with Crippen molar-refractivity contribution in [2.75, 3.05) is 19.0 Å². The molecule has 2 atom stereocenters. The van der Waals surface area contributed by atoms with Gasteiger partial charge in [-0.25, -0.2) is 9.59 Å². The number of methoxy groups -OCH3 is 1. The summed E-state index contributed by atoms with van der Waals surface area (Å²) in [6, 6.07) is 18.4. The number of hydrogen-bond acceptors (Lipinski definition) is 10. The first-order valence-electron chi connectivity index (χ1n) is 14.3. The van der Waals surface area contributed by atoms with Gasteiger partial charge in [-0.3, -0.25) is 15.0 Å². The van der Waals surface area contributed by atoms with Crippen LogP contribution in [0.15, 0.2) is 72.8 Å². The molecule has 3 aromatic carbocycles. The van der Waals surface area contributed by atoms with E-state index in [-0.39, 0.29) is 12.4 Å². The highest BCUT2D eigenvalue weighted by Gasteiger charge is 2.30. The maximum Gasteiger partial charge on any atom is 0.407 e. The van der Waals surface area contributed by atoms with Gasteiger partial charge in [-0.2, -0.15) is 0 Å². The van der Waals surface area contributed by atoms with Gasteiger partial charge >= 0.3 is 18.0 Å². The highest BCUT2D eigenvalue weighted by atomic mass is 16.6. The largest absolute Gasteiger partial charge is 0.493 e. The van der Waals surface area contributed by atoms with Crippen LogP contribution < -0.4 is 31.2 Å². The molecule has 13 nitrogen and oxygen atoms in total. The Bertz CT molecular complexity index is 1540. The average molecular weight is 634 g/mol. The summed E-state index contributed by atoms with van der Waals surface area (Å²) >= 11 is 0. The van der Waals surface area contributed by atoms with Gasteiger partial charge < -0.3 is 40.6 Å². The molecule has 244 valence electrons. The van der Waals surface area contributed by atoms with Gasteiger partial charge in [0, 0.05) is 18.2 Å². The number of nitrogens with two attached hydrogens (primary N) is 1. The van der Waals surface area contributed by atoms with Gasteiger partial charge in [-0.1, -0.05) is 36.4 Å². The summed E-state index contributed by atoms with van der Waals surface area (Å²) in [7, 11) is 1.47. The zero-order valence-corrected chi connectivity index (χ0v) is 26.3. The smallest absolute Gasteiger partial charge is 0.407 e. The Balaban J connectivity index is 1.92. The Labute approximate surface area is 267 Å². The highest BCUT2D eigenvalue weighted by Crippen LogP contribution is 2.32. The quantitative estimate of drug-likeness (QED) is 0.0800. The molecule has 0 fully saturated rings. The zero-order valence-electron chi connectivity index (χ0n) is 26.3. The number of alkyl carbamates (subject to hydrolysis) is 1. The summed E-state index contributed by atoms with van der Waals surface area (Å²) in [6.07, 6.45) is -0.835. The Morgan fingerprint density at radius 1 is 0.935 bits per heavy atom. The molecule has 3 rings (SSSR count). The molecule has 0 aliphatic heterocycles. The molecule has 0 unspecified atom stereocenters. The number of benzene rings is 3. The first kappa shape index (κ1) is 34.9. The van der Waals surface area contributed by atoms with Gasteiger partial charge in [0.15, 0.2) is 11.5 Å². The number of nitrogen functional groups attached to an aromatic ring is 1. The lowest BCUT2D eigenvalue weighted by molar-refractivity contribution is -0.160. The van der Waals surface area contributed by atoms with Crippen LogP contribution >= 0.6 is 0 Å². The predicted molar refractivity (Wildman–Crippen MR) is 171 cm³/mol. The molecular weight excluding hydrogens is 594 g/mol. The van der Waals surface area contributed by atoms with Crippen molar-refractivity contribution in [1.82, 2.24) is 10.6 Å². The Kier molecular flexibility index (Phi) is 12.1. The fourth-order valence-electron chi connectivity index (χ4n) is 4.09. The number of carbonyl (C=O) groups excluding carboxylic acids is 4. The predicted octanol–water partition coefficient (Wildman–Crippen LogP) is 3.81. The second kappa shape index (κ2) is 15.9. The molecule has 0 bridgehead atoms. The maximum atomic E-state index is 13.9. The number of amides is 2. The van der Waals surface area contributed by atoms with E-state index < -0.39 is 48.2 Å². The first-order chi connectivity index (χ1) is 21.8. The van der Waals surface area contributed by atoms with Crippen LogP contribution in [0.1, 0.15) is 50.4 Å². The van der Waals surface area contributed by atoms with E-state index in [0.717, 1.165) is 12.5 Å². The number of carbonyl (C=O) groups is 4. The molecule has 0 heterocycles. The van der Waals surface area contributed by atoms with E-state index in [2.05, 4.69) is 16.0 Å². The van der Waals surface area contributed by atoms with Crippen molar-refractivity contribution < 1.29 is 38.1 Å². The topological polar surface area (TPSA) is 191 Å². The number of amidine groups is 1. The lowest BCUT2D eigenvalue weighted by atomic mass is 10.0. The summed E-state index contributed by atoms with van der Waals surface area (Å²) in [5.41, 5.74) is 7.11. The molecule has 13 heteroatoms. The van der Waals surface area contributed by atoms with E-state index in [9.17, 15) is 19.2 Å². The summed E-state index contributed by atoms with van der Waals surface area (Å²) < 4.78 is 21.5. The molecule has 46 heavy (non-hydrogen) atoms. The number of nitrogens with one attached hydrogen (secondary N) is 4. The Morgan fingerprint density at radius 3 is 2.20 bits per heavy atom.